The number of rotatable bonds is 13. The zero-order valence-electron chi connectivity index (χ0n) is 34.5. The number of aryl methyl sites for hydroxylation is 2. The van der Waals surface area contributed by atoms with E-state index in [-0.39, 0.29) is 42.5 Å². The number of amides is 2. The van der Waals surface area contributed by atoms with Gasteiger partial charge >= 0.3 is 0 Å². The first kappa shape index (κ1) is 41.5. The first-order valence-corrected chi connectivity index (χ1v) is 22.3. The fourth-order valence-electron chi connectivity index (χ4n) is 8.55. The molecule has 314 valence electrons. The highest BCUT2D eigenvalue weighted by atomic mass is 32.1. The first-order valence-electron chi connectivity index (χ1n) is 20.6. The number of nitrogens with one attached hydrogen (secondary N) is 1. The number of carbonyl (C=O) groups excluding carboxylic acids is 2. The van der Waals surface area contributed by atoms with Crippen molar-refractivity contribution in [2.24, 2.45) is 5.92 Å². The number of nitrogens with zero attached hydrogens (tertiary/aromatic N) is 6. The van der Waals surface area contributed by atoms with Crippen LogP contribution in [0.5, 0.6) is 11.6 Å². The van der Waals surface area contributed by atoms with Gasteiger partial charge in [0.2, 0.25) is 11.8 Å². The number of para-hydroxylation sites is 1. The molecule has 0 saturated carbocycles. The van der Waals surface area contributed by atoms with Gasteiger partial charge in [0.05, 0.1) is 33.9 Å². The minimum absolute atomic E-state index is 0.0583. The van der Waals surface area contributed by atoms with Gasteiger partial charge < -0.3 is 29.7 Å². The number of aromatic hydroxyl groups is 1. The predicted octanol–water partition coefficient (Wildman–Crippen LogP) is 7.63. The van der Waals surface area contributed by atoms with Crippen molar-refractivity contribution < 1.29 is 29.1 Å². The molecule has 60 heavy (non-hydrogen) atoms. The third kappa shape index (κ3) is 8.67. The van der Waals surface area contributed by atoms with E-state index in [4.69, 9.17) is 9.26 Å². The van der Waals surface area contributed by atoms with Crippen molar-refractivity contribution in [2.75, 3.05) is 32.8 Å². The van der Waals surface area contributed by atoms with Gasteiger partial charge in [-0.15, -0.1) is 32.9 Å². The summed E-state index contributed by atoms with van der Waals surface area (Å²) >= 11 is 3.31. The number of phenolic OH excluding ortho intramolecular Hbond substituents is 1. The highest BCUT2D eigenvalue weighted by molar-refractivity contribution is 7.19. The summed E-state index contributed by atoms with van der Waals surface area (Å²) in [7, 11) is 0. The molecule has 4 atom stereocenters. The van der Waals surface area contributed by atoms with Crippen molar-refractivity contribution in [3.05, 3.63) is 93.6 Å². The van der Waals surface area contributed by atoms with Crippen LogP contribution in [-0.2, 0) is 9.59 Å². The molecule has 0 bridgehead atoms. The van der Waals surface area contributed by atoms with Gasteiger partial charge in [0, 0.05) is 41.4 Å². The molecule has 2 amide bonds. The Morgan fingerprint density at radius 3 is 2.52 bits per heavy atom. The number of carbonyl (C=O) groups is 2. The Kier molecular flexibility index (Phi) is 12.3. The standard InChI is InChI=1S/C45H51N7O6S2/c1-25(2)40(45(56)52-23-32(53)20-36(52)43(55)47-27(4)29-10-12-30(13-11-29)42-28(5)46-24-59-42)38-22-39(50-58-38)57-19-18-51-16-14-31(15-17-51)41-26(3)34-21-35(48-49-44(34)60-41)33-8-6-7-9-37(33)54/h6-13,21-22,24-25,27,31-32,36,40,53-54H,14-20,23H2,1-5H3,(H,47,55)/t27-,32+,36-,40+/m0/s1. The number of piperidine rings is 1. The number of likely N-dealkylation sites (tertiary alicyclic amines) is 2. The van der Waals surface area contributed by atoms with E-state index in [1.54, 1.807) is 40.9 Å². The highest BCUT2D eigenvalue weighted by Gasteiger charge is 2.43. The Hall–Kier alpha value is -5.22. The van der Waals surface area contributed by atoms with E-state index in [9.17, 15) is 19.8 Å². The molecule has 2 fully saturated rings. The van der Waals surface area contributed by atoms with Gasteiger partial charge in [-0.25, -0.2) is 4.98 Å². The van der Waals surface area contributed by atoms with Gasteiger partial charge in [-0.2, -0.15) is 0 Å². The summed E-state index contributed by atoms with van der Waals surface area (Å²) in [4.78, 5) is 39.5. The fraction of sp³-hybridized carbons (Fsp3) is 0.422. The number of phenols is 1. The van der Waals surface area contributed by atoms with Crippen molar-refractivity contribution in [1.82, 2.24) is 35.5 Å². The van der Waals surface area contributed by atoms with E-state index in [2.05, 4.69) is 37.5 Å². The number of thiazole rings is 1. The average Bonchev–Trinajstić information content (AvgIpc) is 4.05. The summed E-state index contributed by atoms with van der Waals surface area (Å²) in [6, 6.07) is 17.8. The van der Waals surface area contributed by atoms with E-state index in [0.717, 1.165) is 64.4 Å². The maximum Gasteiger partial charge on any atom is 0.254 e. The molecule has 0 spiro atoms. The van der Waals surface area contributed by atoms with Crippen LogP contribution >= 0.6 is 22.7 Å². The van der Waals surface area contributed by atoms with E-state index < -0.39 is 18.1 Å². The number of fused-ring (bicyclic) bond motifs is 1. The lowest BCUT2D eigenvalue weighted by Gasteiger charge is -2.31. The molecular formula is C45H51N7O6S2. The van der Waals surface area contributed by atoms with Crippen LogP contribution in [0.25, 0.3) is 31.9 Å². The zero-order chi connectivity index (χ0) is 42.1. The number of ether oxygens (including phenoxy) is 1. The van der Waals surface area contributed by atoms with E-state index in [1.807, 2.05) is 75.7 Å². The molecular weight excluding hydrogens is 799 g/mol. The van der Waals surface area contributed by atoms with Crippen LogP contribution in [0.2, 0.25) is 0 Å². The van der Waals surface area contributed by atoms with Crippen molar-refractivity contribution >= 4 is 44.7 Å². The first-order chi connectivity index (χ1) is 28.9. The molecule has 8 rings (SSSR count). The summed E-state index contributed by atoms with van der Waals surface area (Å²) in [6.07, 6.45) is 1.37. The molecule has 6 heterocycles. The topological polar surface area (TPSA) is 167 Å². The van der Waals surface area contributed by atoms with Crippen molar-refractivity contribution in [2.45, 2.75) is 83.9 Å². The Balaban J connectivity index is 0.839. The number of hydrogen-bond donors (Lipinski definition) is 3. The third-order valence-electron chi connectivity index (χ3n) is 11.9. The lowest BCUT2D eigenvalue weighted by Crippen LogP contribution is -2.48. The largest absolute Gasteiger partial charge is 0.507 e. The molecule has 0 aliphatic carbocycles. The maximum atomic E-state index is 14.2. The quantitative estimate of drug-likeness (QED) is 0.105. The van der Waals surface area contributed by atoms with Crippen molar-refractivity contribution in [3.8, 4) is 33.3 Å². The van der Waals surface area contributed by atoms with Crippen molar-refractivity contribution in [1.29, 1.82) is 0 Å². The van der Waals surface area contributed by atoms with E-state index in [0.29, 0.717) is 35.4 Å². The van der Waals surface area contributed by atoms with E-state index in [1.165, 1.54) is 15.3 Å². The van der Waals surface area contributed by atoms with Crippen LogP contribution in [-0.4, -0.2) is 97.1 Å². The Morgan fingerprint density at radius 2 is 1.80 bits per heavy atom. The van der Waals surface area contributed by atoms with Crippen LogP contribution in [0.15, 0.2) is 70.7 Å². The van der Waals surface area contributed by atoms with Crippen LogP contribution in [0.3, 0.4) is 0 Å². The lowest BCUT2D eigenvalue weighted by atomic mass is 9.91. The van der Waals surface area contributed by atoms with Crippen LogP contribution in [0.4, 0.5) is 0 Å². The molecule has 0 radical (unpaired) electrons. The number of β-amino-alcohol motifs (C(OH)–C–C–N with tert-alkyl or cyclic N) is 1. The summed E-state index contributed by atoms with van der Waals surface area (Å²) in [5, 5.41) is 38.3. The summed E-state index contributed by atoms with van der Waals surface area (Å²) in [6.45, 7) is 13.0. The van der Waals surface area contributed by atoms with E-state index >= 15 is 0 Å². The van der Waals surface area contributed by atoms with Gasteiger partial charge in [0.1, 0.15) is 29.1 Å². The monoisotopic (exact) mass is 849 g/mol. The smallest absolute Gasteiger partial charge is 0.254 e. The molecule has 15 heteroatoms. The van der Waals surface area contributed by atoms with Gasteiger partial charge in [0.15, 0.2) is 5.76 Å². The average molecular weight is 850 g/mol. The van der Waals surface area contributed by atoms with Crippen molar-refractivity contribution in [3.63, 3.8) is 0 Å². The fourth-order valence-corrected chi connectivity index (χ4v) is 10.6. The van der Waals surface area contributed by atoms with Crippen LogP contribution in [0.1, 0.15) is 85.4 Å². The Morgan fingerprint density at radius 1 is 1.03 bits per heavy atom. The second kappa shape index (κ2) is 17.8. The minimum atomic E-state index is -0.822. The third-order valence-corrected chi connectivity index (χ3v) is 14.3. The molecule has 2 saturated heterocycles. The van der Waals surface area contributed by atoms with Crippen LogP contribution < -0.4 is 10.1 Å². The molecule has 3 N–H and O–H groups in total. The summed E-state index contributed by atoms with van der Waals surface area (Å²) < 4.78 is 11.8. The number of thiophene rings is 1. The molecule has 2 aliphatic heterocycles. The molecule has 4 aromatic heterocycles. The number of aromatic nitrogens is 4. The number of aliphatic hydroxyl groups excluding tert-OH is 1. The predicted molar refractivity (Wildman–Crippen MR) is 232 cm³/mol. The number of aliphatic hydroxyl groups is 1. The van der Waals surface area contributed by atoms with Gasteiger partial charge in [-0.1, -0.05) is 50.2 Å². The summed E-state index contributed by atoms with van der Waals surface area (Å²) in [5.41, 5.74) is 7.39. The second-order valence-corrected chi connectivity index (χ2v) is 18.2. The van der Waals surface area contributed by atoms with Gasteiger partial charge in [-0.05, 0) is 98.6 Å². The highest BCUT2D eigenvalue weighted by Crippen LogP contribution is 2.41. The zero-order valence-corrected chi connectivity index (χ0v) is 36.1. The van der Waals surface area contributed by atoms with Gasteiger partial charge in [-0.3, -0.25) is 14.5 Å². The SMILES string of the molecule is Cc1ncsc1-c1ccc([C@H](C)NC(=O)[C@@H]2C[C@@H](O)CN2C(=O)[C@@H](c2cc(OCCN3CCC(c4sc5nnc(-c6ccccc6O)cc5c4C)CC3)no2)C(C)C)cc1. The van der Waals surface area contributed by atoms with Gasteiger partial charge in [0.25, 0.3) is 5.88 Å². The maximum absolute atomic E-state index is 14.2. The normalized spacial score (nSPS) is 18.6. The molecule has 6 aromatic rings. The molecule has 2 aromatic carbocycles. The Bertz CT molecular complexity index is 2460. The lowest BCUT2D eigenvalue weighted by molar-refractivity contribution is -0.141. The second-order valence-electron chi connectivity index (χ2n) is 16.3. The molecule has 13 nitrogen and oxygen atoms in total. The van der Waals surface area contributed by atoms with Crippen LogP contribution in [0, 0.1) is 19.8 Å². The molecule has 2 aliphatic rings. The summed E-state index contributed by atoms with van der Waals surface area (Å²) in [5.74, 6) is -0.183. The Labute approximate surface area is 357 Å². The minimum Gasteiger partial charge on any atom is -0.507 e. The number of benzene rings is 2. The number of hydrogen-bond acceptors (Lipinski definition) is 13. The molecule has 0 unspecified atom stereocenters.